The van der Waals surface area contributed by atoms with Crippen molar-refractivity contribution in [2.45, 2.75) is 24.5 Å². The molecular formula is C10H13N6O7PS. The highest BCUT2D eigenvalue weighted by molar-refractivity contribution is 7.71. The van der Waals surface area contributed by atoms with Crippen molar-refractivity contribution in [2.24, 2.45) is 5.18 Å². The molecule has 3 heterocycles. The standard InChI is InChI=1S/C10H13N6O7PS/c11-10-13-7-5(8(25)14-10)12-2-16(7)9-4(15-18)6(17)3(23-9)1-22-24(19,20)21/h2-4,6,9,17H,1H2,(H2,19,20,21)(H3,11,13,14,25)/t3-,4?,6?,9-/m1/s1. The molecule has 0 bridgehead atoms. The number of ether oxygens (including phenoxy) is 1. The number of hydrogen-bond donors (Lipinski definition) is 5. The third-order valence-corrected chi connectivity index (χ3v) is 4.37. The Morgan fingerprint density at radius 3 is 2.92 bits per heavy atom. The molecule has 13 nitrogen and oxygen atoms in total. The topological polar surface area (TPSA) is 198 Å². The van der Waals surface area contributed by atoms with Gasteiger partial charge in [-0.25, -0.2) is 14.5 Å². The van der Waals surface area contributed by atoms with Crippen LogP contribution in [0.5, 0.6) is 0 Å². The van der Waals surface area contributed by atoms with Crippen molar-refractivity contribution >= 4 is 37.2 Å². The number of nitrogens with one attached hydrogen (secondary N) is 1. The number of nitrogens with two attached hydrogens (primary N) is 1. The zero-order valence-corrected chi connectivity index (χ0v) is 14.0. The predicted octanol–water partition coefficient (Wildman–Crippen LogP) is -0.426. The largest absolute Gasteiger partial charge is 0.469 e. The molecule has 2 aromatic heterocycles. The van der Waals surface area contributed by atoms with E-state index in [9.17, 15) is 14.6 Å². The highest BCUT2D eigenvalue weighted by Crippen LogP contribution is 2.39. The summed E-state index contributed by atoms with van der Waals surface area (Å²) in [4.78, 5) is 39.3. The number of aromatic amines is 1. The second kappa shape index (κ2) is 6.49. The van der Waals surface area contributed by atoms with Gasteiger partial charge in [0.1, 0.15) is 23.4 Å². The van der Waals surface area contributed by atoms with Crippen LogP contribution in [0.15, 0.2) is 11.5 Å². The van der Waals surface area contributed by atoms with Crippen molar-refractivity contribution in [1.82, 2.24) is 19.5 Å². The highest BCUT2D eigenvalue weighted by Gasteiger charge is 2.47. The molecular weight excluding hydrogens is 379 g/mol. The van der Waals surface area contributed by atoms with E-state index in [1.165, 1.54) is 10.9 Å². The molecule has 15 heteroatoms. The third-order valence-electron chi connectivity index (χ3n) is 3.60. The number of imidazole rings is 1. The van der Waals surface area contributed by atoms with Crippen LogP contribution in [0.3, 0.4) is 0 Å². The van der Waals surface area contributed by atoms with Gasteiger partial charge in [-0.2, -0.15) is 4.91 Å². The summed E-state index contributed by atoms with van der Waals surface area (Å²) in [6.07, 6.45) is -2.47. The van der Waals surface area contributed by atoms with Gasteiger partial charge >= 0.3 is 7.82 Å². The van der Waals surface area contributed by atoms with Crippen molar-refractivity contribution in [1.29, 1.82) is 0 Å². The summed E-state index contributed by atoms with van der Waals surface area (Å²) in [7, 11) is -4.77. The first-order chi connectivity index (χ1) is 11.7. The number of anilines is 1. The molecule has 0 saturated carbocycles. The predicted molar refractivity (Wildman–Crippen MR) is 84.6 cm³/mol. The molecule has 1 aliphatic rings. The van der Waals surface area contributed by atoms with Crippen LogP contribution in [0.4, 0.5) is 5.95 Å². The molecule has 0 spiro atoms. The Balaban J connectivity index is 1.95. The van der Waals surface area contributed by atoms with Crippen molar-refractivity contribution in [3.05, 3.63) is 15.9 Å². The molecule has 1 saturated heterocycles. The SMILES string of the molecule is Nc1nc(=S)c2ncn([C@@H]3O[C@H](COP(=O)(O)O)C(O)C3N=O)c2[nH]1. The first kappa shape index (κ1) is 18.0. The van der Waals surface area contributed by atoms with Crippen molar-refractivity contribution in [3.8, 4) is 0 Å². The molecule has 4 atom stereocenters. The van der Waals surface area contributed by atoms with E-state index in [0.29, 0.717) is 11.2 Å². The van der Waals surface area contributed by atoms with E-state index in [1.807, 2.05) is 0 Å². The van der Waals surface area contributed by atoms with Crippen molar-refractivity contribution in [3.63, 3.8) is 0 Å². The molecule has 136 valence electrons. The van der Waals surface area contributed by atoms with E-state index in [-0.39, 0.29) is 10.6 Å². The van der Waals surface area contributed by atoms with Gasteiger partial charge in [-0.1, -0.05) is 17.4 Å². The fourth-order valence-electron chi connectivity index (χ4n) is 2.53. The fourth-order valence-corrected chi connectivity index (χ4v) is 3.12. The van der Waals surface area contributed by atoms with Gasteiger partial charge in [0.2, 0.25) is 0 Å². The summed E-state index contributed by atoms with van der Waals surface area (Å²) in [5.41, 5.74) is 6.20. The Kier molecular flexibility index (Phi) is 4.68. The van der Waals surface area contributed by atoms with Crippen LogP contribution >= 0.6 is 20.0 Å². The van der Waals surface area contributed by atoms with E-state index in [4.69, 9.17) is 32.5 Å². The molecule has 0 aliphatic carbocycles. The second-order valence-electron chi connectivity index (χ2n) is 5.21. The number of rotatable bonds is 5. The number of aliphatic hydroxyl groups excluding tert-OH is 1. The second-order valence-corrected chi connectivity index (χ2v) is 6.84. The number of fused-ring (bicyclic) bond motifs is 1. The highest BCUT2D eigenvalue weighted by atomic mass is 32.1. The van der Waals surface area contributed by atoms with Gasteiger partial charge in [-0.05, 0) is 0 Å². The molecule has 6 N–H and O–H groups in total. The van der Waals surface area contributed by atoms with Gasteiger partial charge in [0, 0.05) is 0 Å². The maximum absolute atomic E-state index is 11.2. The van der Waals surface area contributed by atoms with E-state index >= 15 is 0 Å². The van der Waals surface area contributed by atoms with Crippen LogP contribution < -0.4 is 5.73 Å². The lowest BCUT2D eigenvalue weighted by molar-refractivity contribution is -0.0428. The minimum absolute atomic E-state index is 0.00907. The number of hydrogen-bond acceptors (Lipinski definition) is 10. The fraction of sp³-hybridized carbons (Fsp3) is 0.500. The van der Waals surface area contributed by atoms with Gasteiger partial charge < -0.3 is 30.3 Å². The first-order valence-corrected chi connectivity index (χ1v) is 8.73. The van der Waals surface area contributed by atoms with Gasteiger partial charge in [0.15, 0.2) is 22.9 Å². The number of nitrogens with zero attached hydrogens (tertiary/aromatic N) is 4. The van der Waals surface area contributed by atoms with Crippen LogP contribution in [-0.2, 0) is 13.8 Å². The minimum atomic E-state index is -4.77. The Hall–Kier alpha value is -1.80. The molecule has 0 radical (unpaired) electrons. The Bertz CT molecular complexity index is 911. The van der Waals surface area contributed by atoms with Gasteiger partial charge in [0.25, 0.3) is 0 Å². The normalized spacial score (nSPS) is 27.0. The average molecular weight is 392 g/mol. The summed E-state index contributed by atoms with van der Waals surface area (Å²) in [5, 5.41) is 13.0. The number of aromatic nitrogens is 4. The third kappa shape index (κ3) is 3.46. The maximum atomic E-state index is 11.2. The van der Waals surface area contributed by atoms with Crippen LogP contribution in [0.25, 0.3) is 11.2 Å². The zero-order valence-electron chi connectivity index (χ0n) is 12.3. The van der Waals surface area contributed by atoms with Crippen LogP contribution in [0.1, 0.15) is 6.23 Å². The number of nitroso groups, excluding NO2 is 1. The molecule has 0 amide bonds. The van der Waals surface area contributed by atoms with E-state index in [2.05, 4.69) is 24.7 Å². The van der Waals surface area contributed by atoms with Gasteiger partial charge in [-0.15, -0.1) is 0 Å². The van der Waals surface area contributed by atoms with E-state index in [0.717, 1.165) is 0 Å². The first-order valence-electron chi connectivity index (χ1n) is 6.79. The Morgan fingerprint density at radius 2 is 2.28 bits per heavy atom. The molecule has 3 rings (SSSR count). The Morgan fingerprint density at radius 1 is 1.56 bits per heavy atom. The monoisotopic (exact) mass is 392 g/mol. The summed E-state index contributed by atoms with van der Waals surface area (Å²) >= 11 is 5.05. The summed E-state index contributed by atoms with van der Waals surface area (Å²) in [6.45, 7) is -0.639. The quantitative estimate of drug-likeness (QED) is 0.251. The lowest BCUT2D eigenvalue weighted by Crippen LogP contribution is -2.32. The summed E-state index contributed by atoms with van der Waals surface area (Å²) in [6, 6.07) is -1.28. The number of phosphoric acid groups is 1. The smallest absolute Gasteiger partial charge is 0.388 e. The number of H-pyrrole nitrogens is 1. The van der Waals surface area contributed by atoms with Gasteiger partial charge in [0.05, 0.1) is 12.9 Å². The minimum Gasteiger partial charge on any atom is -0.388 e. The molecule has 2 unspecified atom stereocenters. The van der Waals surface area contributed by atoms with Crippen LogP contribution in [0.2, 0.25) is 0 Å². The number of phosphoric ester groups is 1. The Labute approximate surface area is 144 Å². The molecule has 25 heavy (non-hydrogen) atoms. The van der Waals surface area contributed by atoms with Crippen molar-refractivity contribution in [2.75, 3.05) is 12.3 Å². The maximum Gasteiger partial charge on any atom is 0.469 e. The molecule has 1 fully saturated rings. The molecule has 1 aliphatic heterocycles. The van der Waals surface area contributed by atoms with E-state index < -0.39 is 38.9 Å². The molecule has 2 aromatic rings. The summed E-state index contributed by atoms with van der Waals surface area (Å²) < 4.78 is 22.1. The average Bonchev–Trinajstić information content (AvgIpc) is 3.05. The lowest BCUT2D eigenvalue weighted by atomic mass is 10.1. The number of aliphatic hydroxyl groups is 1. The van der Waals surface area contributed by atoms with Crippen molar-refractivity contribution < 1.29 is 28.7 Å². The number of nitrogen functional groups attached to an aromatic ring is 1. The zero-order chi connectivity index (χ0) is 18.4. The van der Waals surface area contributed by atoms with Gasteiger partial charge in [-0.3, -0.25) is 9.09 Å². The molecule has 0 aromatic carbocycles. The lowest BCUT2D eigenvalue weighted by Gasteiger charge is -2.16. The summed E-state index contributed by atoms with van der Waals surface area (Å²) in [5.74, 6) is 0.00907. The van der Waals surface area contributed by atoms with Crippen LogP contribution in [0, 0.1) is 9.55 Å². The van der Waals surface area contributed by atoms with E-state index in [1.54, 1.807) is 0 Å². The van der Waals surface area contributed by atoms with Crippen LogP contribution in [-0.4, -0.2) is 59.3 Å².